The van der Waals surface area contributed by atoms with Crippen molar-refractivity contribution in [2.75, 3.05) is 6.54 Å². The van der Waals surface area contributed by atoms with Crippen LogP contribution < -0.4 is 5.32 Å². The Hall–Kier alpha value is -2.56. The van der Waals surface area contributed by atoms with Crippen LogP contribution in [0.5, 0.6) is 0 Å². The Morgan fingerprint density at radius 3 is 2.47 bits per heavy atom. The Balaban J connectivity index is 1.90. The summed E-state index contributed by atoms with van der Waals surface area (Å²) in [6.45, 7) is 8.34. The van der Waals surface area contributed by atoms with Crippen molar-refractivity contribution in [2.24, 2.45) is 5.92 Å². The van der Waals surface area contributed by atoms with Gasteiger partial charge in [-0.2, -0.15) is 13.2 Å². The van der Waals surface area contributed by atoms with Gasteiger partial charge in [0.1, 0.15) is 0 Å². The number of urea groups is 1. The van der Waals surface area contributed by atoms with E-state index in [1.807, 2.05) is 27.7 Å². The van der Waals surface area contributed by atoms with Crippen molar-refractivity contribution in [2.45, 2.75) is 76.3 Å². The topological polar surface area (TPSA) is 84.3 Å². The van der Waals surface area contributed by atoms with Crippen molar-refractivity contribution >= 4 is 15.9 Å². The fourth-order valence-electron chi connectivity index (χ4n) is 3.76. The Morgan fingerprint density at radius 1 is 1.24 bits per heavy atom. The molecule has 1 heterocycles. The van der Waals surface area contributed by atoms with Gasteiger partial charge in [0, 0.05) is 18.6 Å². The summed E-state index contributed by atoms with van der Waals surface area (Å²) < 4.78 is 67.2. The Morgan fingerprint density at radius 2 is 1.91 bits per heavy atom. The predicted molar refractivity (Wildman–Crippen MR) is 122 cm³/mol. The van der Waals surface area contributed by atoms with E-state index in [9.17, 15) is 26.4 Å². The molecule has 188 valence electrons. The summed E-state index contributed by atoms with van der Waals surface area (Å²) in [6.07, 6.45) is -1.56. The van der Waals surface area contributed by atoms with E-state index in [1.165, 1.54) is 18.3 Å². The van der Waals surface area contributed by atoms with E-state index in [4.69, 9.17) is 0 Å². The van der Waals surface area contributed by atoms with E-state index in [0.717, 1.165) is 25.0 Å². The number of alkyl halides is 3. The summed E-state index contributed by atoms with van der Waals surface area (Å²) in [5, 5.41) is 2.70. The molecule has 0 atom stereocenters. The number of hydrogen-bond donors (Lipinski definition) is 1. The SMILES string of the molecule is CC(C)CN(Cc1cnc(S(=O)(=O)Cc2cccc(C(F)(F)F)c2)n1C1CC1)C(=O)NC(C)C. The van der Waals surface area contributed by atoms with E-state index >= 15 is 0 Å². The molecule has 1 aliphatic carbocycles. The highest BCUT2D eigenvalue weighted by atomic mass is 32.2. The molecular formula is C23H31F3N4O3S. The van der Waals surface area contributed by atoms with Crippen LogP contribution in [0.4, 0.5) is 18.0 Å². The zero-order valence-corrected chi connectivity index (χ0v) is 20.6. The van der Waals surface area contributed by atoms with E-state index in [2.05, 4.69) is 10.3 Å². The van der Waals surface area contributed by atoms with E-state index in [1.54, 1.807) is 9.47 Å². The standard InChI is InChI=1S/C23H31F3N4O3S/c1-15(2)12-29(21(31)28-16(3)4)13-20-11-27-22(30(20)19-8-9-19)34(32,33)14-17-6-5-7-18(10-17)23(24,25)26/h5-7,10-11,15-16,19H,8-9,12-14H2,1-4H3,(H,28,31). The largest absolute Gasteiger partial charge is 0.416 e. The lowest BCUT2D eigenvalue weighted by atomic mass is 10.1. The molecule has 0 saturated heterocycles. The van der Waals surface area contributed by atoms with Gasteiger partial charge in [0.15, 0.2) is 0 Å². The molecule has 1 N–H and O–H groups in total. The number of carbonyl (C=O) groups is 1. The molecule has 2 amide bonds. The van der Waals surface area contributed by atoms with Gasteiger partial charge in [0.25, 0.3) is 0 Å². The van der Waals surface area contributed by atoms with Crippen LogP contribution in [-0.2, 0) is 28.3 Å². The number of hydrogen-bond acceptors (Lipinski definition) is 4. The highest BCUT2D eigenvalue weighted by Gasteiger charge is 2.35. The summed E-state index contributed by atoms with van der Waals surface area (Å²) in [6, 6.07) is 3.95. The van der Waals surface area contributed by atoms with Gasteiger partial charge in [-0.1, -0.05) is 32.0 Å². The van der Waals surface area contributed by atoms with Crippen molar-refractivity contribution in [1.82, 2.24) is 19.8 Å². The second kappa shape index (κ2) is 9.97. The molecule has 0 radical (unpaired) electrons. The van der Waals surface area contributed by atoms with Gasteiger partial charge in [-0.3, -0.25) is 0 Å². The van der Waals surface area contributed by atoms with Gasteiger partial charge in [-0.15, -0.1) is 0 Å². The minimum atomic E-state index is -4.56. The molecule has 3 rings (SSSR count). The summed E-state index contributed by atoms with van der Waals surface area (Å²) in [4.78, 5) is 18.5. The highest BCUT2D eigenvalue weighted by Crippen LogP contribution is 2.39. The Kier molecular flexibility index (Phi) is 7.64. The number of aromatic nitrogens is 2. The van der Waals surface area contributed by atoms with E-state index in [-0.39, 0.29) is 41.3 Å². The normalized spacial score (nSPS) is 14.6. The Bertz CT molecular complexity index is 1120. The van der Waals surface area contributed by atoms with Crippen LogP contribution in [0, 0.1) is 5.92 Å². The smallest absolute Gasteiger partial charge is 0.336 e. The average Bonchev–Trinajstić information content (AvgIpc) is 3.45. The maximum atomic E-state index is 13.2. The van der Waals surface area contributed by atoms with Gasteiger partial charge >= 0.3 is 12.2 Å². The summed E-state index contributed by atoms with van der Waals surface area (Å²) in [7, 11) is -4.02. The van der Waals surface area contributed by atoms with Crippen LogP contribution in [0.1, 0.15) is 63.4 Å². The first-order valence-electron chi connectivity index (χ1n) is 11.3. The van der Waals surface area contributed by atoms with Crippen LogP contribution in [0.15, 0.2) is 35.6 Å². The molecule has 0 aliphatic heterocycles. The molecule has 2 aromatic rings. The van der Waals surface area contributed by atoms with Gasteiger partial charge in [-0.05, 0) is 44.2 Å². The second-order valence-electron chi connectivity index (χ2n) is 9.47. The van der Waals surface area contributed by atoms with Crippen molar-refractivity contribution in [3.05, 3.63) is 47.3 Å². The van der Waals surface area contributed by atoms with Crippen molar-refractivity contribution in [3.8, 4) is 0 Å². The number of imidazole rings is 1. The molecule has 34 heavy (non-hydrogen) atoms. The predicted octanol–water partition coefficient (Wildman–Crippen LogP) is 4.79. The lowest BCUT2D eigenvalue weighted by Crippen LogP contribution is -2.44. The van der Waals surface area contributed by atoms with Crippen molar-refractivity contribution in [3.63, 3.8) is 0 Å². The van der Waals surface area contributed by atoms with Crippen LogP contribution in [0.2, 0.25) is 0 Å². The third-order valence-electron chi connectivity index (χ3n) is 5.28. The molecule has 11 heteroatoms. The number of sulfone groups is 1. The number of halogens is 3. The fraction of sp³-hybridized carbons (Fsp3) is 0.565. The molecular weight excluding hydrogens is 469 g/mol. The van der Waals surface area contributed by atoms with Gasteiger partial charge in [0.05, 0.1) is 29.8 Å². The molecule has 1 aromatic carbocycles. The Labute approximate surface area is 198 Å². The molecule has 1 saturated carbocycles. The van der Waals surface area contributed by atoms with Crippen molar-refractivity contribution in [1.29, 1.82) is 0 Å². The molecule has 1 fully saturated rings. The zero-order chi connectivity index (χ0) is 25.3. The molecule has 7 nitrogen and oxygen atoms in total. The van der Waals surface area contributed by atoms with Crippen LogP contribution >= 0.6 is 0 Å². The quantitative estimate of drug-likeness (QED) is 0.537. The number of nitrogens with zero attached hydrogens (tertiary/aromatic N) is 3. The van der Waals surface area contributed by atoms with Crippen molar-refractivity contribution < 1.29 is 26.4 Å². The zero-order valence-electron chi connectivity index (χ0n) is 19.8. The lowest BCUT2D eigenvalue weighted by molar-refractivity contribution is -0.137. The van der Waals surface area contributed by atoms with Crippen LogP contribution in [0.3, 0.4) is 0 Å². The van der Waals surface area contributed by atoms with Gasteiger partial charge in [-0.25, -0.2) is 18.2 Å². The number of amides is 2. The molecule has 0 bridgehead atoms. The number of carbonyl (C=O) groups excluding carboxylic acids is 1. The number of nitrogens with one attached hydrogen (secondary N) is 1. The molecule has 1 aliphatic rings. The van der Waals surface area contributed by atoms with E-state index < -0.39 is 27.3 Å². The minimum absolute atomic E-state index is 0.0412. The third kappa shape index (κ3) is 6.52. The number of benzene rings is 1. The van der Waals surface area contributed by atoms with Crippen LogP contribution in [0.25, 0.3) is 0 Å². The maximum absolute atomic E-state index is 13.2. The highest BCUT2D eigenvalue weighted by molar-refractivity contribution is 7.90. The van der Waals surface area contributed by atoms with Crippen LogP contribution in [-0.4, -0.2) is 41.5 Å². The first-order valence-corrected chi connectivity index (χ1v) is 12.9. The first-order chi connectivity index (χ1) is 15.8. The van der Waals surface area contributed by atoms with Gasteiger partial charge in [0.2, 0.25) is 15.0 Å². The fourth-order valence-corrected chi connectivity index (χ4v) is 5.29. The lowest BCUT2D eigenvalue weighted by Gasteiger charge is -2.26. The van der Waals surface area contributed by atoms with Gasteiger partial charge < -0.3 is 14.8 Å². The first kappa shape index (κ1) is 26.1. The minimum Gasteiger partial charge on any atom is -0.336 e. The average molecular weight is 501 g/mol. The van der Waals surface area contributed by atoms with E-state index in [0.29, 0.717) is 12.2 Å². The number of rotatable bonds is 9. The maximum Gasteiger partial charge on any atom is 0.416 e. The third-order valence-corrected chi connectivity index (χ3v) is 6.85. The monoisotopic (exact) mass is 500 g/mol. The molecule has 1 aromatic heterocycles. The second-order valence-corrected chi connectivity index (χ2v) is 11.4. The summed E-state index contributed by atoms with van der Waals surface area (Å²) in [5.74, 6) is -0.400. The summed E-state index contributed by atoms with van der Waals surface area (Å²) >= 11 is 0. The molecule has 0 spiro atoms. The molecule has 0 unspecified atom stereocenters. The summed E-state index contributed by atoms with van der Waals surface area (Å²) in [5.41, 5.74) is -0.268.